The quantitative estimate of drug-likeness (QED) is 0.108. The van der Waals surface area contributed by atoms with Crippen LogP contribution in [-0.4, -0.2) is 65.1 Å². The van der Waals surface area contributed by atoms with Crippen molar-refractivity contribution < 1.29 is 42.4 Å². The molecule has 0 saturated carbocycles. The average molecular weight is 599 g/mol. The van der Waals surface area contributed by atoms with Gasteiger partial charge in [-0.3, -0.25) is 19.6 Å². The Morgan fingerprint density at radius 2 is 1.36 bits per heavy atom. The molecule has 0 heterocycles. The minimum atomic E-state index is -3.67. The summed E-state index contributed by atoms with van der Waals surface area (Å²) in [6.07, 6.45) is 0.715. The number of carbonyl (C=O) groups excluding carboxylic acids is 2. The van der Waals surface area contributed by atoms with E-state index in [1.807, 2.05) is 0 Å². The van der Waals surface area contributed by atoms with Crippen molar-refractivity contribution in [3.8, 4) is 11.1 Å². The smallest absolute Gasteiger partial charge is 0.336 e. The van der Waals surface area contributed by atoms with Crippen molar-refractivity contribution in [1.29, 1.82) is 5.41 Å². The van der Waals surface area contributed by atoms with Crippen molar-refractivity contribution in [2.45, 2.75) is 19.9 Å². The molecular weight excluding hydrogens is 568 g/mol. The van der Waals surface area contributed by atoms with Crippen LogP contribution in [0.15, 0.2) is 66.7 Å². The molecule has 14 heteroatoms. The molecule has 42 heavy (non-hydrogen) atoms. The van der Waals surface area contributed by atoms with Gasteiger partial charge in [-0.25, -0.2) is 9.59 Å². The highest BCUT2D eigenvalue weighted by Gasteiger charge is 2.25. The Morgan fingerprint density at radius 1 is 0.833 bits per heavy atom. The van der Waals surface area contributed by atoms with Gasteiger partial charge in [0.2, 0.25) is 0 Å². The lowest BCUT2D eigenvalue weighted by molar-refractivity contribution is -0.140. The number of nitrogens with one attached hydrogen (secondary N) is 3. The summed E-state index contributed by atoms with van der Waals surface area (Å²) in [6, 6.07) is 15.4. The minimum Gasteiger partial charge on any atom is -0.480 e. The summed E-state index contributed by atoms with van der Waals surface area (Å²) in [7, 11) is -3.67. The number of anilines is 1. The fourth-order valence-corrected chi connectivity index (χ4v) is 3.68. The lowest BCUT2D eigenvalue weighted by Gasteiger charge is -2.19. The molecule has 0 aliphatic carbocycles. The van der Waals surface area contributed by atoms with Crippen LogP contribution in [0.25, 0.3) is 11.1 Å². The number of rotatable bonds is 9. The van der Waals surface area contributed by atoms with Gasteiger partial charge >= 0.3 is 11.9 Å². The summed E-state index contributed by atoms with van der Waals surface area (Å²) in [5.41, 5.74) is 6.85. The van der Waals surface area contributed by atoms with Crippen LogP contribution in [0, 0.1) is 11.3 Å². The standard InChI is InChI=1S/C27H26N4O6.CH4O3S/c1-14(2)22(27(36)37)31-24(32)16-9-12-19(18-5-3-4-6-20(18)26(34)35)21(13-16)25(33)30-17-10-7-15(8-11-17)23(28)29;1-5(2,3)4/h3-14,22H,1-2H3,(H3,28,29)(H,30,33)(H,31,32)(H,34,35)(H,36,37);1H3,(H,2,3,4). The highest BCUT2D eigenvalue weighted by atomic mass is 32.2. The number of amides is 2. The van der Waals surface area contributed by atoms with Crippen LogP contribution in [-0.2, 0) is 14.9 Å². The molecule has 3 rings (SSSR count). The third-order valence-corrected chi connectivity index (χ3v) is 5.65. The van der Waals surface area contributed by atoms with Gasteiger partial charge in [0.05, 0.1) is 11.8 Å². The van der Waals surface area contributed by atoms with E-state index < -0.39 is 39.9 Å². The zero-order chi connectivity index (χ0) is 31.8. The summed E-state index contributed by atoms with van der Waals surface area (Å²) in [5, 5.41) is 31.7. The van der Waals surface area contributed by atoms with Gasteiger partial charge in [0.25, 0.3) is 21.9 Å². The molecule has 0 aliphatic heterocycles. The molecule has 0 fully saturated rings. The number of carbonyl (C=O) groups is 4. The maximum Gasteiger partial charge on any atom is 0.336 e. The van der Waals surface area contributed by atoms with Crippen LogP contribution in [0.4, 0.5) is 5.69 Å². The van der Waals surface area contributed by atoms with E-state index in [0.29, 0.717) is 17.5 Å². The van der Waals surface area contributed by atoms with Crippen LogP contribution in [0.2, 0.25) is 0 Å². The Bertz CT molecular complexity index is 1610. The first-order valence-electron chi connectivity index (χ1n) is 12.2. The summed E-state index contributed by atoms with van der Waals surface area (Å²) in [4.78, 5) is 49.6. The van der Waals surface area contributed by atoms with Crippen molar-refractivity contribution in [3.63, 3.8) is 0 Å². The fraction of sp³-hybridized carbons (Fsp3) is 0.179. The number of carboxylic acid groups (broad SMARTS) is 2. The molecule has 3 aromatic rings. The summed E-state index contributed by atoms with van der Waals surface area (Å²) in [5.74, 6) is -4.22. The predicted octanol–water partition coefficient (Wildman–Crippen LogP) is 2.93. The third kappa shape index (κ3) is 9.53. The SMILES string of the molecule is CC(C)C(NC(=O)c1ccc(-c2ccccc2C(=O)O)c(C(=O)Nc2ccc(C(=N)N)cc2)c1)C(=O)O.CS(=O)(=O)O. The van der Waals surface area contributed by atoms with Crippen LogP contribution in [0.3, 0.4) is 0 Å². The first-order chi connectivity index (χ1) is 19.5. The fourth-order valence-electron chi connectivity index (χ4n) is 3.68. The van der Waals surface area contributed by atoms with Crippen LogP contribution in [0.5, 0.6) is 0 Å². The zero-order valence-corrected chi connectivity index (χ0v) is 23.6. The highest BCUT2D eigenvalue weighted by Crippen LogP contribution is 2.29. The van der Waals surface area contributed by atoms with Crippen molar-refractivity contribution in [2.75, 3.05) is 11.6 Å². The van der Waals surface area contributed by atoms with Gasteiger partial charge in [-0.2, -0.15) is 8.42 Å². The van der Waals surface area contributed by atoms with Gasteiger partial charge in [-0.15, -0.1) is 0 Å². The molecule has 222 valence electrons. The van der Waals surface area contributed by atoms with E-state index in [2.05, 4.69) is 10.6 Å². The van der Waals surface area contributed by atoms with E-state index in [0.717, 1.165) is 0 Å². The molecule has 1 unspecified atom stereocenters. The van der Waals surface area contributed by atoms with Gasteiger partial charge in [-0.1, -0.05) is 38.1 Å². The van der Waals surface area contributed by atoms with E-state index in [9.17, 15) is 37.8 Å². The lowest BCUT2D eigenvalue weighted by atomic mass is 9.93. The number of carboxylic acids is 2. The summed E-state index contributed by atoms with van der Waals surface area (Å²) in [6.45, 7) is 3.31. The molecule has 13 nitrogen and oxygen atoms in total. The van der Waals surface area contributed by atoms with E-state index in [1.165, 1.54) is 24.3 Å². The molecule has 8 N–H and O–H groups in total. The average Bonchev–Trinajstić information content (AvgIpc) is 2.90. The largest absolute Gasteiger partial charge is 0.480 e. The Kier molecular flexibility index (Phi) is 11.0. The topological polar surface area (TPSA) is 237 Å². The molecule has 0 saturated heterocycles. The first kappa shape index (κ1) is 33.1. The number of aliphatic carboxylic acids is 1. The molecule has 0 spiro atoms. The van der Waals surface area contributed by atoms with Crippen molar-refractivity contribution >= 4 is 45.4 Å². The molecule has 0 aromatic heterocycles. The second-order valence-electron chi connectivity index (χ2n) is 9.32. The van der Waals surface area contributed by atoms with Crippen molar-refractivity contribution in [3.05, 3.63) is 89.0 Å². The number of benzene rings is 3. The third-order valence-electron chi connectivity index (χ3n) is 5.65. The molecule has 3 aromatic carbocycles. The van der Waals surface area contributed by atoms with Crippen molar-refractivity contribution in [2.24, 2.45) is 11.7 Å². The molecular formula is C28H30N4O9S. The molecule has 1 atom stereocenters. The number of hydrogen-bond acceptors (Lipinski definition) is 7. The van der Waals surface area contributed by atoms with Crippen LogP contribution >= 0.6 is 0 Å². The maximum absolute atomic E-state index is 13.4. The normalized spacial score (nSPS) is 11.5. The van der Waals surface area contributed by atoms with Gasteiger partial charge in [0.1, 0.15) is 11.9 Å². The minimum absolute atomic E-state index is 0.00779. The van der Waals surface area contributed by atoms with Gasteiger partial charge < -0.3 is 26.6 Å². The Hall–Kier alpha value is -5.08. The number of aromatic carboxylic acids is 1. The van der Waals surface area contributed by atoms with E-state index in [1.54, 1.807) is 56.3 Å². The number of nitrogens with two attached hydrogens (primary N) is 1. The summed E-state index contributed by atoms with van der Waals surface area (Å²) >= 11 is 0. The highest BCUT2D eigenvalue weighted by molar-refractivity contribution is 7.85. The Labute approximate surface area is 241 Å². The van der Waals surface area contributed by atoms with E-state index in [-0.39, 0.29) is 39.6 Å². The Balaban J connectivity index is 0.00000113. The van der Waals surface area contributed by atoms with Gasteiger partial charge in [0, 0.05) is 22.4 Å². The van der Waals surface area contributed by atoms with Crippen LogP contribution in [0.1, 0.15) is 50.5 Å². The van der Waals surface area contributed by atoms with E-state index in [4.69, 9.17) is 15.7 Å². The second kappa shape index (κ2) is 14.0. The van der Waals surface area contributed by atoms with Gasteiger partial charge in [-0.05, 0) is 59.5 Å². The van der Waals surface area contributed by atoms with Crippen molar-refractivity contribution in [1.82, 2.24) is 5.32 Å². The van der Waals surface area contributed by atoms with Crippen LogP contribution < -0.4 is 16.4 Å². The number of hydrogen-bond donors (Lipinski definition) is 7. The maximum atomic E-state index is 13.4. The Morgan fingerprint density at radius 3 is 1.86 bits per heavy atom. The number of amidine groups is 1. The monoisotopic (exact) mass is 598 g/mol. The predicted molar refractivity (Wildman–Crippen MR) is 155 cm³/mol. The number of nitrogen functional groups attached to an aromatic ring is 1. The molecule has 0 aliphatic rings. The second-order valence-corrected chi connectivity index (χ2v) is 10.8. The lowest BCUT2D eigenvalue weighted by Crippen LogP contribution is -2.44. The zero-order valence-electron chi connectivity index (χ0n) is 22.8. The molecule has 0 radical (unpaired) electrons. The first-order valence-corrected chi connectivity index (χ1v) is 14.0. The van der Waals surface area contributed by atoms with E-state index >= 15 is 0 Å². The molecule has 0 bridgehead atoms. The van der Waals surface area contributed by atoms with Gasteiger partial charge in [0.15, 0.2) is 0 Å². The summed E-state index contributed by atoms with van der Waals surface area (Å²) < 4.78 is 25.9. The molecule has 2 amide bonds.